The van der Waals surface area contributed by atoms with Gasteiger partial charge < -0.3 is 4.52 Å². The topological polar surface area (TPSA) is 26.0 Å². The molecule has 0 aromatic carbocycles. The number of aryl methyl sites for hydroxylation is 1. The lowest BCUT2D eigenvalue weighted by atomic mass is 10.5. The third kappa shape index (κ3) is 1.15. The van der Waals surface area contributed by atoms with Crippen molar-refractivity contribution < 1.29 is 4.52 Å². The maximum atomic E-state index is 4.71. The maximum absolute atomic E-state index is 4.71. The molecular formula is C4H4INO. The van der Waals surface area contributed by atoms with Crippen LogP contribution >= 0.6 is 22.6 Å². The quantitative estimate of drug-likeness (QED) is 0.606. The molecule has 0 atom stereocenters. The molecule has 3 heteroatoms. The molecule has 2 nitrogen and oxygen atoms in total. The largest absolute Gasteiger partial charge is 0.361 e. The maximum Gasteiger partial charge on any atom is 0.144 e. The van der Waals surface area contributed by atoms with Crippen molar-refractivity contribution >= 4 is 22.6 Å². The number of halogens is 1. The Balaban J connectivity index is 3.04. The fourth-order valence-electron chi connectivity index (χ4n) is 0.336. The summed E-state index contributed by atoms with van der Waals surface area (Å²) in [6.45, 7) is 1.87. The summed E-state index contributed by atoms with van der Waals surface area (Å²) < 4.78 is 5.62. The minimum Gasteiger partial charge on any atom is -0.361 e. The van der Waals surface area contributed by atoms with Crippen LogP contribution in [0.2, 0.25) is 0 Å². The molecular weight excluding hydrogens is 205 g/mol. The Morgan fingerprint density at radius 1 is 1.86 bits per heavy atom. The van der Waals surface area contributed by atoms with Gasteiger partial charge >= 0.3 is 0 Å². The van der Waals surface area contributed by atoms with E-state index in [2.05, 4.69) is 27.7 Å². The van der Waals surface area contributed by atoms with E-state index in [0.717, 1.165) is 9.46 Å². The summed E-state index contributed by atoms with van der Waals surface area (Å²) in [6, 6.07) is 1.88. The predicted molar refractivity (Wildman–Crippen MR) is 34.0 cm³/mol. The molecule has 0 aliphatic heterocycles. The summed E-state index contributed by atoms with van der Waals surface area (Å²) in [4.78, 5) is 0. The van der Waals surface area contributed by atoms with Crippen molar-refractivity contribution in [2.24, 2.45) is 0 Å². The highest BCUT2D eigenvalue weighted by Crippen LogP contribution is 2.02. The van der Waals surface area contributed by atoms with Gasteiger partial charge in [0.2, 0.25) is 0 Å². The lowest BCUT2D eigenvalue weighted by molar-refractivity contribution is 0.393. The van der Waals surface area contributed by atoms with Crippen LogP contribution in [0, 0.1) is 10.6 Å². The van der Waals surface area contributed by atoms with Crippen molar-refractivity contribution in [3.8, 4) is 0 Å². The van der Waals surface area contributed by atoms with Crippen molar-refractivity contribution in [1.82, 2.24) is 5.16 Å². The highest BCUT2D eigenvalue weighted by atomic mass is 127. The van der Waals surface area contributed by atoms with E-state index in [-0.39, 0.29) is 0 Å². The summed E-state index contributed by atoms with van der Waals surface area (Å²) in [6.07, 6.45) is 0. The van der Waals surface area contributed by atoms with Gasteiger partial charge in [0.1, 0.15) is 9.46 Å². The monoisotopic (exact) mass is 209 g/mol. The Hall–Kier alpha value is -0.0600. The van der Waals surface area contributed by atoms with Gasteiger partial charge in [0.05, 0.1) is 0 Å². The summed E-state index contributed by atoms with van der Waals surface area (Å²) in [7, 11) is 0. The second-order valence-electron chi connectivity index (χ2n) is 1.26. The zero-order valence-corrected chi connectivity index (χ0v) is 5.97. The van der Waals surface area contributed by atoms with Crippen LogP contribution in [0.3, 0.4) is 0 Å². The molecule has 0 N–H and O–H groups in total. The van der Waals surface area contributed by atoms with E-state index in [1.165, 1.54) is 0 Å². The van der Waals surface area contributed by atoms with E-state index >= 15 is 0 Å². The Bertz CT molecular complexity index is 144. The molecule has 1 heterocycles. The molecule has 0 aliphatic rings. The predicted octanol–water partition coefficient (Wildman–Crippen LogP) is 1.59. The van der Waals surface area contributed by atoms with Gasteiger partial charge in [-0.25, -0.2) is 0 Å². The molecule has 0 amide bonds. The first-order valence-electron chi connectivity index (χ1n) is 1.88. The van der Waals surface area contributed by atoms with E-state index < -0.39 is 0 Å². The van der Waals surface area contributed by atoms with Crippen LogP contribution in [0.1, 0.15) is 5.76 Å². The lowest BCUT2D eigenvalue weighted by Gasteiger charge is -1.65. The van der Waals surface area contributed by atoms with E-state index in [1.807, 2.05) is 13.0 Å². The molecule has 0 bridgehead atoms. The molecule has 1 rings (SSSR count). The van der Waals surface area contributed by atoms with Crippen LogP contribution in [0.15, 0.2) is 10.6 Å². The van der Waals surface area contributed by atoms with Crippen molar-refractivity contribution in [2.45, 2.75) is 6.92 Å². The van der Waals surface area contributed by atoms with Crippen molar-refractivity contribution in [1.29, 1.82) is 0 Å². The summed E-state index contributed by atoms with van der Waals surface area (Å²) in [5.41, 5.74) is 0. The van der Waals surface area contributed by atoms with Gasteiger partial charge in [-0.15, -0.1) is 0 Å². The van der Waals surface area contributed by atoms with Crippen molar-refractivity contribution in [3.63, 3.8) is 0 Å². The molecule has 0 aliphatic carbocycles. The molecule has 0 radical (unpaired) electrons. The fraction of sp³-hybridized carbons (Fsp3) is 0.250. The van der Waals surface area contributed by atoms with E-state index in [4.69, 9.17) is 4.52 Å². The first-order valence-corrected chi connectivity index (χ1v) is 2.96. The average Bonchev–Trinajstić information content (AvgIpc) is 1.87. The lowest BCUT2D eigenvalue weighted by Crippen LogP contribution is -1.57. The second kappa shape index (κ2) is 1.81. The number of nitrogens with zero attached hydrogens (tertiary/aromatic N) is 1. The van der Waals surface area contributed by atoms with Gasteiger partial charge in [-0.2, -0.15) is 0 Å². The van der Waals surface area contributed by atoms with Gasteiger partial charge in [0.25, 0.3) is 0 Å². The zero-order chi connectivity index (χ0) is 5.28. The third-order valence-electron chi connectivity index (χ3n) is 0.599. The van der Waals surface area contributed by atoms with Gasteiger partial charge in [0.15, 0.2) is 0 Å². The molecule has 0 unspecified atom stereocenters. The molecule has 0 saturated carbocycles. The van der Waals surface area contributed by atoms with Crippen molar-refractivity contribution in [2.75, 3.05) is 0 Å². The van der Waals surface area contributed by atoms with Gasteiger partial charge in [0, 0.05) is 6.07 Å². The molecule has 1 aromatic heterocycles. The smallest absolute Gasteiger partial charge is 0.144 e. The average molecular weight is 209 g/mol. The summed E-state index contributed by atoms with van der Waals surface area (Å²) in [5.74, 6) is 0.865. The number of aromatic nitrogens is 1. The fourth-order valence-corrected chi connectivity index (χ4v) is 0.873. The van der Waals surface area contributed by atoms with Crippen LogP contribution in [0.4, 0.5) is 0 Å². The number of rotatable bonds is 0. The van der Waals surface area contributed by atoms with Crippen LogP contribution < -0.4 is 0 Å². The highest BCUT2D eigenvalue weighted by Gasteiger charge is 1.90. The van der Waals surface area contributed by atoms with E-state index in [9.17, 15) is 0 Å². The minimum atomic E-state index is 0.865. The Morgan fingerprint density at radius 2 is 2.57 bits per heavy atom. The Kier molecular flexibility index (Phi) is 1.32. The Morgan fingerprint density at radius 3 is 2.71 bits per heavy atom. The third-order valence-corrected chi connectivity index (χ3v) is 1.11. The van der Waals surface area contributed by atoms with E-state index in [1.54, 1.807) is 0 Å². The van der Waals surface area contributed by atoms with Gasteiger partial charge in [-0.3, -0.25) is 0 Å². The molecule has 1 aromatic rings. The molecule has 0 spiro atoms. The standard InChI is InChI=1S/C4H4INO/c1-3-2-4(5)6-7-3/h2H,1H3. The number of hydrogen-bond acceptors (Lipinski definition) is 2. The van der Waals surface area contributed by atoms with Gasteiger partial charge in [-0.1, -0.05) is 5.16 Å². The van der Waals surface area contributed by atoms with Crippen LogP contribution in [-0.2, 0) is 0 Å². The number of hydrogen-bond donors (Lipinski definition) is 0. The Labute approximate surface area is 55.0 Å². The van der Waals surface area contributed by atoms with Crippen LogP contribution in [0.25, 0.3) is 0 Å². The highest BCUT2D eigenvalue weighted by molar-refractivity contribution is 14.1. The minimum absolute atomic E-state index is 0.865. The first kappa shape index (κ1) is 5.08. The van der Waals surface area contributed by atoms with Crippen molar-refractivity contribution in [3.05, 3.63) is 15.5 Å². The summed E-state index contributed by atoms with van der Waals surface area (Å²) >= 11 is 2.10. The van der Waals surface area contributed by atoms with Gasteiger partial charge in [-0.05, 0) is 29.5 Å². The van der Waals surface area contributed by atoms with Crippen LogP contribution in [0.5, 0.6) is 0 Å². The molecule has 38 valence electrons. The normalized spacial score (nSPS) is 9.43. The van der Waals surface area contributed by atoms with E-state index in [0.29, 0.717) is 0 Å². The second-order valence-corrected chi connectivity index (χ2v) is 2.37. The van der Waals surface area contributed by atoms with Crippen LogP contribution in [-0.4, -0.2) is 5.16 Å². The first-order chi connectivity index (χ1) is 3.29. The zero-order valence-electron chi connectivity index (χ0n) is 3.81. The molecule has 0 saturated heterocycles. The molecule has 7 heavy (non-hydrogen) atoms. The summed E-state index contributed by atoms with van der Waals surface area (Å²) in [5, 5.41) is 3.63. The molecule has 0 fully saturated rings. The SMILES string of the molecule is Cc1cc(I)no1.